The predicted octanol–water partition coefficient (Wildman–Crippen LogP) is 2.41. The minimum absolute atomic E-state index is 0.255. The smallest absolute Gasteiger partial charge is 0.337 e. The molecule has 1 atom stereocenters. The molecule has 2 N–H and O–H groups in total. The molecule has 0 saturated carbocycles. The first kappa shape index (κ1) is 11.8. The predicted molar refractivity (Wildman–Crippen MR) is 69.0 cm³/mol. The normalized spacial score (nSPS) is 18.8. The summed E-state index contributed by atoms with van der Waals surface area (Å²) in [5.74, 6) is -0.882. The lowest BCUT2D eigenvalue weighted by atomic mass is 10.0. The molecule has 0 aliphatic carbocycles. The Morgan fingerprint density at radius 3 is 2.82 bits per heavy atom. The van der Waals surface area contributed by atoms with Crippen molar-refractivity contribution in [2.24, 2.45) is 0 Å². The first-order chi connectivity index (χ1) is 8.00. The molecule has 1 aliphatic heterocycles. The summed E-state index contributed by atoms with van der Waals surface area (Å²) < 4.78 is 0. The molecule has 17 heavy (non-hydrogen) atoms. The molecule has 1 unspecified atom stereocenters. The standard InChI is InChI=1S/C13H18N2O2/c1-8(2)15-7-9(3)14-12-10(13(16)17)5-4-6-11(12)15/h4-6,8-9,14H,7H2,1-3H3,(H,16,17). The molecule has 0 radical (unpaired) electrons. The summed E-state index contributed by atoms with van der Waals surface area (Å²) in [5.41, 5.74) is 2.07. The monoisotopic (exact) mass is 234 g/mol. The molecule has 0 fully saturated rings. The summed E-state index contributed by atoms with van der Waals surface area (Å²) >= 11 is 0. The van der Waals surface area contributed by atoms with E-state index in [-0.39, 0.29) is 6.04 Å². The number of para-hydroxylation sites is 1. The van der Waals surface area contributed by atoms with Crippen LogP contribution in [0, 0.1) is 0 Å². The van der Waals surface area contributed by atoms with E-state index in [1.807, 2.05) is 6.07 Å². The van der Waals surface area contributed by atoms with Crippen LogP contribution in [-0.2, 0) is 0 Å². The zero-order chi connectivity index (χ0) is 12.6. The van der Waals surface area contributed by atoms with Crippen LogP contribution >= 0.6 is 0 Å². The first-order valence-corrected chi connectivity index (χ1v) is 5.90. The second kappa shape index (κ2) is 4.28. The van der Waals surface area contributed by atoms with E-state index in [1.165, 1.54) is 0 Å². The highest BCUT2D eigenvalue weighted by atomic mass is 16.4. The maximum absolute atomic E-state index is 11.2. The minimum Gasteiger partial charge on any atom is -0.478 e. The number of nitrogens with zero attached hydrogens (tertiary/aromatic N) is 1. The molecule has 1 aromatic carbocycles. The van der Waals surface area contributed by atoms with Gasteiger partial charge in [-0.15, -0.1) is 0 Å². The molecular weight excluding hydrogens is 216 g/mol. The number of nitrogens with one attached hydrogen (secondary N) is 1. The summed E-state index contributed by atoms with van der Waals surface area (Å²) in [4.78, 5) is 13.4. The molecule has 0 saturated heterocycles. The van der Waals surface area contributed by atoms with Gasteiger partial charge in [-0.2, -0.15) is 0 Å². The van der Waals surface area contributed by atoms with Crippen molar-refractivity contribution in [1.29, 1.82) is 0 Å². The number of carboxylic acids is 1. The Bertz CT molecular complexity index is 443. The van der Waals surface area contributed by atoms with E-state index in [0.717, 1.165) is 17.9 Å². The van der Waals surface area contributed by atoms with Crippen molar-refractivity contribution in [3.8, 4) is 0 Å². The maximum Gasteiger partial charge on any atom is 0.337 e. The van der Waals surface area contributed by atoms with Crippen LogP contribution in [0.5, 0.6) is 0 Å². The number of rotatable bonds is 2. The van der Waals surface area contributed by atoms with E-state index >= 15 is 0 Å². The average molecular weight is 234 g/mol. The van der Waals surface area contributed by atoms with E-state index in [0.29, 0.717) is 11.6 Å². The molecule has 1 aromatic rings. The summed E-state index contributed by atoms with van der Waals surface area (Å²) in [6.45, 7) is 7.20. The quantitative estimate of drug-likeness (QED) is 0.825. The van der Waals surface area contributed by atoms with Gasteiger partial charge >= 0.3 is 5.97 Å². The van der Waals surface area contributed by atoms with Crippen LogP contribution in [-0.4, -0.2) is 29.7 Å². The van der Waals surface area contributed by atoms with Crippen LogP contribution in [0.15, 0.2) is 18.2 Å². The molecule has 0 spiro atoms. The zero-order valence-electron chi connectivity index (χ0n) is 10.4. The van der Waals surface area contributed by atoms with Crippen molar-refractivity contribution >= 4 is 17.3 Å². The number of benzene rings is 1. The van der Waals surface area contributed by atoms with Gasteiger partial charge in [0.2, 0.25) is 0 Å². The fourth-order valence-electron chi connectivity index (χ4n) is 2.28. The third kappa shape index (κ3) is 2.07. The Morgan fingerprint density at radius 2 is 2.24 bits per heavy atom. The Balaban J connectivity index is 2.53. The van der Waals surface area contributed by atoms with Gasteiger partial charge in [-0.05, 0) is 32.9 Å². The van der Waals surface area contributed by atoms with Gasteiger partial charge in [0.25, 0.3) is 0 Å². The highest BCUT2D eigenvalue weighted by Gasteiger charge is 2.26. The molecule has 1 heterocycles. The molecule has 0 amide bonds. The lowest BCUT2D eigenvalue weighted by Gasteiger charge is -2.39. The topological polar surface area (TPSA) is 52.6 Å². The lowest BCUT2D eigenvalue weighted by molar-refractivity contribution is 0.0698. The van der Waals surface area contributed by atoms with Crippen LogP contribution in [0.3, 0.4) is 0 Å². The zero-order valence-corrected chi connectivity index (χ0v) is 10.4. The number of hydrogen-bond donors (Lipinski definition) is 2. The summed E-state index contributed by atoms with van der Waals surface area (Å²) in [6, 6.07) is 6.04. The van der Waals surface area contributed by atoms with Crippen molar-refractivity contribution in [1.82, 2.24) is 0 Å². The van der Waals surface area contributed by atoms with Gasteiger partial charge in [0, 0.05) is 18.6 Å². The van der Waals surface area contributed by atoms with Crippen LogP contribution in [0.1, 0.15) is 31.1 Å². The van der Waals surface area contributed by atoms with Crippen LogP contribution in [0.25, 0.3) is 0 Å². The van der Waals surface area contributed by atoms with E-state index in [2.05, 4.69) is 31.0 Å². The Morgan fingerprint density at radius 1 is 1.53 bits per heavy atom. The molecule has 2 rings (SSSR count). The largest absolute Gasteiger partial charge is 0.478 e. The Kier molecular flexibility index (Phi) is 2.96. The number of carbonyl (C=O) groups is 1. The Hall–Kier alpha value is -1.71. The van der Waals surface area contributed by atoms with E-state index in [9.17, 15) is 9.90 Å². The fourth-order valence-corrected chi connectivity index (χ4v) is 2.28. The summed E-state index contributed by atoms with van der Waals surface area (Å²) in [7, 11) is 0. The average Bonchev–Trinajstić information content (AvgIpc) is 2.26. The third-order valence-corrected chi connectivity index (χ3v) is 3.07. The van der Waals surface area contributed by atoms with Gasteiger partial charge in [0.1, 0.15) is 0 Å². The van der Waals surface area contributed by atoms with Gasteiger partial charge in [-0.3, -0.25) is 0 Å². The van der Waals surface area contributed by atoms with Crippen LogP contribution in [0.4, 0.5) is 11.4 Å². The molecule has 0 aromatic heterocycles. The van der Waals surface area contributed by atoms with Gasteiger partial charge < -0.3 is 15.3 Å². The second-order valence-corrected chi connectivity index (χ2v) is 4.80. The summed E-state index contributed by atoms with van der Waals surface area (Å²) in [5, 5.41) is 12.5. The molecule has 1 aliphatic rings. The molecule has 4 nitrogen and oxygen atoms in total. The van der Waals surface area contributed by atoms with Crippen LogP contribution < -0.4 is 10.2 Å². The van der Waals surface area contributed by atoms with E-state index in [4.69, 9.17) is 0 Å². The van der Waals surface area contributed by atoms with Crippen molar-refractivity contribution in [2.75, 3.05) is 16.8 Å². The minimum atomic E-state index is -0.882. The molecular formula is C13H18N2O2. The first-order valence-electron chi connectivity index (χ1n) is 5.90. The molecule has 4 heteroatoms. The van der Waals surface area contributed by atoms with Crippen molar-refractivity contribution in [2.45, 2.75) is 32.9 Å². The van der Waals surface area contributed by atoms with E-state index in [1.54, 1.807) is 12.1 Å². The second-order valence-electron chi connectivity index (χ2n) is 4.80. The van der Waals surface area contributed by atoms with E-state index < -0.39 is 5.97 Å². The van der Waals surface area contributed by atoms with Gasteiger partial charge in [0.15, 0.2) is 0 Å². The fraction of sp³-hybridized carbons (Fsp3) is 0.462. The SMILES string of the molecule is CC1CN(C(C)C)c2cccc(C(=O)O)c2N1. The highest BCUT2D eigenvalue weighted by Crippen LogP contribution is 2.35. The highest BCUT2D eigenvalue weighted by molar-refractivity contribution is 5.98. The van der Waals surface area contributed by atoms with Gasteiger partial charge in [-0.1, -0.05) is 6.07 Å². The van der Waals surface area contributed by atoms with Crippen molar-refractivity contribution in [3.63, 3.8) is 0 Å². The number of carboxylic acid groups (broad SMARTS) is 1. The number of anilines is 2. The number of fused-ring (bicyclic) bond motifs is 1. The molecule has 0 bridgehead atoms. The number of hydrogen-bond acceptors (Lipinski definition) is 3. The van der Waals surface area contributed by atoms with Gasteiger partial charge in [-0.25, -0.2) is 4.79 Å². The number of aromatic carboxylic acids is 1. The lowest BCUT2D eigenvalue weighted by Crippen LogP contribution is -2.44. The molecule has 92 valence electrons. The third-order valence-electron chi connectivity index (χ3n) is 3.07. The maximum atomic E-state index is 11.2. The van der Waals surface area contributed by atoms with Crippen molar-refractivity contribution < 1.29 is 9.90 Å². The van der Waals surface area contributed by atoms with Crippen LogP contribution in [0.2, 0.25) is 0 Å². The van der Waals surface area contributed by atoms with Gasteiger partial charge in [0.05, 0.1) is 16.9 Å². The van der Waals surface area contributed by atoms with Crippen molar-refractivity contribution in [3.05, 3.63) is 23.8 Å². The summed E-state index contributed by atoms with van der Waals surface area (Å²) in [6.07, 6.45) is 0. The Labute approximate surface area is 101 Å².